The minimum absolute atomic E-state index is 0. The first-order valence-corrected chi connectivity index (χ1v) is 9.88. The number of ether oxygens (including phenoxy) is 1. The second kappa shape index (κ2) is 9.51. The van der Waals surface area contributed by atoms with E-state index < -0.39 is 0 Å². The summed E-state index contributed by atoms with van der Waals surface area (Å²) in [6.07, 6.45) is 4.58. The molecule has 4 rings (SSSR count). The maximum atomic E-state index is 6.13. The van der Waals surface area contributed by atoms with Gasteiger partial charge in [-0.3, -0.25) is 4.99 Å². The molecule has 0 saturated carbocycles. The van der Waals surface area contributed by atoms with Crippen molar-refractivity contribution in [2.45, 2.75) is 38.5 Å². The van der Waals surface area contributed by atoms with E-state index in [4.69, 9.17) is 4.74 Å². The van der Waals surface area contributed by atoms with E-state index in [0.717, 1.165) is 23.8 Å². The van der Waals surface area contributed by atoms with Gasteiger partial charge in [-0.05, 0) is 43.7 Å². The number of hydrogen-bond donors (Lipinski definition) is 2. The van der Waals surface area contributed by atoms with Crippen molar-refractivity contribution in [2.75, 3.05) is 7.05 Å². The molecule has 0 spiro atoms. The number of aliphatic imine (C=N–C) groups is 1. The van der Waals surface area contributed by atoms with E-state index in [1.54, 1.807) is 13.2 Å². The smallest absolute Gasteiger partial charge is 0.191 e. The number of rotatable bonds is 4. The second-order valence-corrected chi connectivity index (χ2v) is 7.84. The van der Waals surface area contributed by atoms with Gasteiger partial charge in [0.15, 0.2) is 5.96 Å². The first kappa shape index (κ1) is 22.1. The Morgan fingerprint density at radius 2 is 1.93 bits per heavy atom. The fourth-order valence-electron chi connectivity index (χ4n) is 3.66. The zero-order chi connectivity index (χ0) is 20.3. The van der Waals surface area contributed by atoms with Crippen molar-refractivity contribution in [3.05, 3.63) is 78.1 Å². The topological polar surface area (TPSA) is 63.5 Å². The van der Waals surface area contributed by atoms with E-state index in [0.29, 0.717) is 6.54 Å². The van der Waals surface area contributed by atoms with E-state index in [-0.39, 0.29) is 35.6 Å². The first-order valence-electron chi connectivity index (χ1n) is 9.88. The summed E-state index contributed by atoms with van der Waals surface area (Å²) in [5.41, 5.74) is 3.16. The lowest BCUT2D eigenvalue weighted by molar-refractivity contribution is 0.0694. The van der Waals surface area contributed by atoms with Crippen LogP contribution in [-0.2, 0) is 6.54 Å². The van der Waals surface area contributed by atoms with Crippen molar-refractivity contribution >= 4 is 29.9 Å². The summed E-state index contributed by atoms with van der Waals surface area (Å²) in [5.74, 6) is 1.71. The lowest BCUT2D eigenvalue weighted by Crippen LogP contribution is -2.45. The van der Waals surface area contributed by atoms with Crippen LogP contribution in [0.4, 0.5) is 0 Å². The minimum atomic E-state index is -0.229. The summed E-state index contributed by atoms with van der Waals surface area (Å²) < 4.78 is 7.98. The molecule has 1 aromatic heterocycles. The van der Waals surface area contributed by atoms with Gasteiger partial charge in [0.1, 0.15) is 11.4 Å². The number of para-hydroxylation sites is 1. The van der Waals surface area contributed by atoms with Crippen LogP contribution in [0.5, 0.6) is 5.75 Å². The van der Waals surface area contributed by atoms with E-state index in [2.05, 4.69) is 64.9 Å². The van der Waals surface area contributed by atoms with Crippen molar-refractivity contribution in [3.63, 3.8) is 0 Å². The summed E-state index contributed by atoms with van der Waals surface area (Å²) in [6.45, 7) is 4.93. The van der Waals surface area contributed by atoms with Gasteiger partial charge < -0.3 is 15.4 Å². The van der Waals surface area contributed by atoms with Crippen molar-refractivity contribution in [1.29, 1.82) is 0 Å². The molecule has 3 aromatic rings. The summed E-state index contributed by atoms with van der Waals surface area (Å²) in [6, 6.07) is 18.6. The van der Waals surface area contributed by atoms with Crippen molar-refractivity contribution in [3.8, 4) is 11.4 Å². The number of nitrogens with zero attached hydrogens (tertiary/aromatic N) is 3. The summed E-state index contributed by atoms with van der Waals surface area (Å²) >= 11 is 0. The van der Waals surface area contributed by atoms with Gasteiger partial charge in [0.2, 0.25) is 0 Å². The molecule has 0 fully saturated rings. The maximum absolute atomic E-state index is 6.13. The highest BCUT2D eigenvalue weighted by Gasteiger charge is 2.33. The number of guanidine groups is 1. The van der Waals surface area contributed by atoms with Crippen LogP contribution in [0.3, 0.4) is 0 Å². The number of fused-ring (bicyclic) bond motifs is 1. The first-order chi connectivity index (χ1) is 14.0. The zero-order valence-corrected chi connectivity index (χ0v) is 19.8. The molecular formula is C23H28IN5O. The minimum Gasteiger partial charge on any atom is -0.487 e. The standard InChI is InChI=1S/C23H27N5O.HI/c1-23(2)15-20(19-7-4-5-8-21(19)29-23)27-22(24-3)25-16-17-9-11-18(12-10-17)28-14-6-13-26-28;/h4-14,20H,15-16H2,1-3H3,(H2,24,25,27);1H. The Labute approximate surface area is 194 Å². The van der Waals surface area contributed by atoms with Crippen LogP contribution in [-0.4, -0.2) is 28.4 Å². The molecule has 2 N–H and O–H groups in total. The van der Waals surface area contributed by atoms with Crippen LogP contribution in [0.2, 0.25) is 0 Å². The molecule has 0 amide bonds. The lowest BCUT2D eigenvalue weighted by atomic mass is 9.90. The van der Waals surface area contributed by atoms with Crippen LogP contribution >= 0.6 is 24.0 Å². The summed E-state index contributed by atoms with van der Waals surface area (Å²) in [4.78, 5) is 4.42. The molecule has 30 heavy (non-hydrogen) atoms. The molecule has 158 valence electrons. The molecule has 1 atom stereocenters. The SMILES string of the molecule is CN=C(NCc1ccc(-n2cccn2)cc1)NC1CC(C)(C)Oc2ccccc21.I. The normalized spacial score (nSPS) is 17.3. The molecular weight excluding hydrogens is 489 g/mol. The second-order valence-electron chi connectivity index (χ2n) is 7.84. The van der Waals surface area contributed by atoms with Crippen LogP contribution in [0.15, 0.2) is 72.0 Å². The van der Waals surface area contributed by atoms with Crippen LogP contribution in [0.1, 0.15) is 37.4 Å². The third kappa shape index (κ3) is 5.13. The quantitative estimate of drug-likeness (QED) is 0.305. The van der Waals surface area contributed by atoms with Crippen LogP contribution in [0.25, 0.3) is 5.69 Å². The molecule has 2 heterocycles. The van der Waals surface area contributed by atoms with Crippen LogP contribution < -0.4 is 15.4 Å². The van der Waals surface area contributed by atoms with Gasteiger partial charge >= 0.3 is 0 Å². The van der Waals surface area contributed by atoms with Crippen molar-refractivity contribution in [1.82, 2.24) is 20.4 Å². The van der Waals surface area contributed by atoms with Crippen molar-refractivity contribution < 1.29 is 4.74 Å². The average molecular weight is 517 g/mol. The fraction of sp³-hybridized carbons (Fsp3) is 0.304. The predicted octanol–water partition coefficient (Wildman–Crippen LogP) is 4.46. The highest BCUT2D eigenvalue weighted by molar-refractivity contribution is 14.0. The molecule has 0 radical (unpaired) electrons. The largest absolute Gasteiger partial charge is 0.487 e. The molecule has 7 heteroatoms. The zero-order valence-electron chi connectivity index (χ0n) is 17.5. The number of hydrogen-bond acceptors (Lipinski definition) is 3. The molecule has 0 bridgehead atoms. The van der Waals surface area contributed by atoms with E-state index in [1.165, 1.54) is 11.1 Å². The molecule has 1 aliphatic rings. The Balaban J connectivity index is 0.00000256. The van der Waals surface area contributed by atoms with Gasteiger partial charge in [-0.1, -0.05) is 30.3 Å². The predicted molar refractivity (Wildman–Crippen MR) is 131 cm³/mol. The van der Waals surface area contributed by atoms with Gasteiger partial charge in [0.05, 0.1) is 11.7 Å². The van der Waals surface area contributed by atoms with E-state index in [1.807, 2.05) is 35.1 Å². The van der Waals surface area contributed by atoms with Crippen LogP contribution in [0, 0.1) is 0 Å². The van der Waals surface area contributed by atoms with Crippen molar-refractivity contribution in [2.24, 2.45) is 4.99 Å². The third-order valence-electron chi connectivity index (χ3n) is 5.08. The summed E-state index contributed by atoms with van der Waals surface area (Å²) in [5, 5.41) is 11.2. The maximum Gasteiger partial charge on any atom is 0.191 e. The monoisotopic (exact) mass is 517 g/mol. The number of nitrogens with one attached hydrogen (secondary N) is 2. The van der Waals surface area contributed by atoms with Gasteiger partial charge in [-0.25, -0.2) is 4.68 Å². The Morgan fingerprint density at radius 3 is 2.63 bits per heavy atom. The number of halogens is 1. The lowest BCUT2D eigenvalue weighted by Gasteiger charge is -2.38. The molecule has 0 saturated heterocycles. The molecule has 1 aliphatic heterocycles. The Kier molecular flexibility index (Phi) is 7.02. The molecule has 0 aliphatic carbocycles. The van der Waals surface area contributed by atoms with E-state index >= 15 is 0 Å². The average Bonchev–Trinajstić information content (AvgIpc) is 3.25. The van der Waals surface area contributed by atoms with Gasteiger partial charge in [0.25, 0.3) is 0 Å². The molecule has 2 aromatic carbocycles. The van der Waals surface area contributed by atoms with Gasteiger partial charge in [-0.2, -0.15) is 5.10 Å². The fourth-order valence-corrected chi connectivity index (χ4v) is 3.66. The third-order valence-corrected chi connectivity index (χ3v) is 5.08. The number of benzene rings is 2. The number of aromatic nitrogens is 2. The van der Waals surface area contributed by atoms with E-state index in [9.17, 15) is 0 Å². The molecule has 1 unspecified atom stereocenters. The Morgan fingerprint density at radius 1 is 1.17 bits per heavy atom. The molecule has 6 nitrogen and oxygen atoms in total. The highest BCUT2D eigenvalue weighted by Crippen LogP contribution is 2.39. The van der Waals surface area contributed by atoms with Gasteiger partial charge in [-0.15, -0.1) is 24.0 Å². The highest BCUT2D eigenvalue weighted by atomic mass is 127. The summed E-state index contributed by atoms with van der Waals surface area (Å²) in [7, 11) is 1.80. The Hall–Kier alpha value is -2.55. The van der Waals surface area contributed by atoms with Gasteiger partial charge in [0, 0.05) is 38.0 Å². The Bertz CT molecular complexity index is 983.